The van der Waals surface area contributed by atoms with E-state index in [0.29, 0.717) is 6.54 Å². The van der Waals surface area contributed by atoms with Crippen LogP contribution in [0.5, 0.6) is 0 Å². The summed E-state index contributed by atoms with van der Waals surface area (Å²) in [6.45, 7) is 8.29. The third-order valence-corrected chi connectivity index (χ3v) is 5.45. The quantitative estimate of drug-likeness (QED) is 0.192. The predicted molar refractivity (Wildman–Crippen MR) is 133 cm³/mol. The van der Waals surface area contributed by atoms with Gasteiger partial charge in [-0.05, 0) is 18.6 Å². The second-order valence-electron chi connectivity index (χ2n) is 8.29. The highest BCUT2D eigenvalue weighted by Crippen LogP contribution is 2.11. The van der Waals surface area contributed by atoms with Crippen molar-refractivity contribution in [1.82, 2.24) is 21.3 Å². The van der Waals surface area contributed by atoms with Gasteiger partial charge in [-0.2, -0.15) is 0 Å². The summed E-state index contributed by atoms with van der Waals surface area (Å²) in [6, 6.07) is 9.68. The van der Waals surface area contributed by atoms with Crippen LogP contribution in [0.15, 0.2) is 30.3 Å². The van der Waals surface area contributed by atoms with Gasteiger partial charge in [0.05, 0.1) is 0 Å². The van der Waals surface area contributed by atoms with E-state index in [4.69, 9.17) is 5.73 Å². The summed E-state index contributed by atoms with van der Waals surface area (Å²) in [4.78, 5) is 12.6. The summed E-state index contributed by atoms with van der Waals surface area (Å²) in [7, 11) is 0. The highest BCUT2D eigenvalue weighted by Gasteiger charge is 2.13. The van der Waals surface area contributed by atoms with Crippen LogP contribution in [0, 0.1) is 0 Å². The van der Waals surface area contributed by atoms with Gasteiger partial charge in [0.1, 0.15) is 0 Å². The maximum absolute atomic E-state index is 12.6. The first-order valence-corrected chi connectivity index (χ1v) is 12.5. The maximum Gasteiger partial charge on any atom is 0.251 e. The first-order valence-electron chi connectivity index (χ1n) is 12.5. The summed E-state index contributed by atoms with van der Waals surface area (Å²) in [5.74, 6) is 0.0241. The average Bonchev–Trinajstić information content (AvgIpc) is 2.80. The fraction of sp³-hybridized carbons (Fsp3) is 0.720. The first-order chi connectivity index (χ1) is 15.3. The minimum absolute atomic E-state index is 0.0241. The summed E-state index contributed by atoms with van der Waals surface area (Å²) in [5.41, 5.74) is 6.19. The number of carbonyl (C=O) groups excluding carboxylic acids is 1. The summed E-state index contributed by atoms with van der Waals surface area (Å²) in [5, 5.41) is 13.4. The predicted octanol–water partition coefficient (Wildman–Crippen LogP) is 3.04. The standard InChI is InChI=1S/C25H47N5O/c1-2-3-4-5-6-7-8-12-15-24(30-25(31)23-13-10-9-11-14-23)22-29-21-20-28-19-18-27-17-16-26/h9-11,13-14,24,27-29H,2-8,12,15-22,26H2,1H3,(H,30,31). The van der Waals surface area contributed by atoms with Gasteiger partial charge in [-0.25, -0.2) is 0 Å². The molecule has 0 heterocycles. The molecule has 0 aliphatic carbocycles. The molecular weight excluding hydrogens is 386 g/mol. The molecule has 1 atom stereocenters. The second-order valence-corrected chi connectivity index (χ2v) is 8.29. The number of benzene rings is 1. The Morgan fingerprint density at radius 2 is 1.39 bits per heavy atom. The molecule has 6 N–H and O–H groups in total. The largest absolute Gasteiger partial charge is 0.348 e. The van der Waals surface area contributed by atoms with Crippen LogP contribution in [-0.4, -0.2) is 57.8 Å². The summed E-state index contributed by atoms with van der Waals surface area (Å²) < 4.78 is 0. The van der Waals surface area contributed by atoms with Gasteiger partial charge in [0, 0.05) is 57.4 Å². The first kappa shape index (κ1) is 27.6. The molecule has 6 heteroatoms. The van der Waals surface area contributed by atoms with E-state index in [2.05, 4.69) is 28.2 Å². The Labute approximate surface area is 190 Å². The summed E-state index contributed by atoms with van der Waals surface area (Å²) >= 11 is 0. The third-order valence-electron chi connectivity index (χ3n) is 5.45. The molecule has 0 saturated heterocycles. The normalized spacial score (nSPS) is 12.1. The molecule has 1 aromatic carbocycles. The number of nitrogens with two attached hydrogens (primary N) is 1. The lowest BCUT2D eigenvalue weighted by Gasteiger charge is -2.20. The topological polar surface area (TPSA) is 91.2 Å². The fourth-order valence-electron chi connectivity index (χ4n) is 3.59. The van der Waals surface area contributed by atoms with Crippen molar-refractivity contribution in [2.45, 2.75) is 70.8 Å². The Bertz CT molecular complexity index is 526. The molecule has 0 bridgehead atoms. The smallest absolute Gasteiger partial charge is 0.251 e. The van der Waals surface area contributed by atoms with Crippen LogP contribution < -0.4 is 27.0 Å². The van der Waals surface area contributed by atoms with Gasteiger partial charge >= 0.3 is 0 Å². The monoisotopic (exact) mass is 433 g/mol. The van der Waals surface area contributed by atoms with Crippen molar-refractivity contribution in [3.63, 3.8) is 0 Å². The number of unbranched alkanes of at least 4 members (excludes halogenated alkanes) is 7. The van der Waals surface area contributed by atoms with E-state index in [9.17, 15) is 4.79 Å². The van der Waals surface area contributed by atoms with E-state index in [1.807, 2.05) is 30.3 Å². The van der Waals surface area contributed by atoms with Gasteiger partial charge < -0.3 is 27.0 Å². The number of hydrogen-bond donors (Lipinski definition) is 5. The van der Waals surface area contributed by atoms with Gasteiger partial charge in [0.25, 0.3) is 5.91 Å². The van der Waals surface area contributed by atoms with Gasteiger partial charge in [-0.3, -0.25) is 4.79 Å². The zero-order valence-electron chi connectivity index (χ0n) is 19.8. The van der Waals surface area contributed by atoms with Crippen molar-refractivity contribution >= 4 is 5.91 Å². The minimum Gasteiger partial charge on any atom is -0.348 e. The molecule has 0 aromatic heterocycles. The van der Waals surface area contributed by atoms with Crippen LogP contribution in [0.4, 0.5) is 0 Å². The SMILES string of the molecule is CCCCCCCCCCC(CNCCNCCNCCN)NC(=O)c1ccccc1. The molecule has 0 aliphatic heterocycles. The van der Waals surface area contributed by atoms with Crippen molar-refractivity contribution < 1.29 is 4.79 Å². The number of carbonyl (C=O) groups is 1. The lowest BCUT2D eigenvalue weighted by molar-refractivity contribution is 0.0934. The van der Waals surface area contributed by atoms with Crippen molar-refractivity contribution in [3.05, 3.63) is 35.9 Å². The van der Waals surface area contributed by atoms with Crippen molar-refractivity contribution in [3.8, 4) is 0 Å². The van der Waals surface area contributed by atoms with Crippen molar-refractivity contribution in [2.24, 2.45) is 5.73 Å². The molecule has 1 amide bonds. The Morgan fingerprint density at radius 3 is 2.03 bits per heavy atom. The lowest BCUT2D eigenvalue weighted by atomic mass is 10.0. The summed E-state index contributed by atoms with van der Waals surface area (Å²) in [6.07, 6.45) is 11.5. The minimum atomic E-state index is 0.0241. The van der Waals surface area contributed by atoms with E-state index >= 15 is 0 Å². The molecule has 0 spiro atoms. The van der Waals surface area contributed by atoms with Crippen LogP contribution in [0.25, 0.3) is 0 Å². The molecule has 178 valence electrons. The van der Waals surface area contributed by atoms with Crippen LogP contribution in [-0.2, 0) is 0 Å². The lowest BCUT2D eigenvalue weighted by Crippen LogP contribution is -2.43. The highest BCUT2D eigenvalue weighted by molar-refractivity contribution is 5.94. The Hall–Kier alpha value is -1.47. The van der Waals surface area contributed by atoms with Gasteiger partial charge in [0.15, 0.2) is 0 Å². The Balaban J connectivity index is 2.26. The van der Waals surface area contributed by atoms with E-state index in [-0.39, 0.29) is 11.9 Å². The molecule has 1 unspecified atom stereocenters. The van der Waals surface area contributed by atoms with Gasteiger partial charge in [-0.1, -0.05) is 76.5 Å². The molecule has 1 rings (SSSR count). The van der Waals surface area contributed by atoms with E-state index in [1.165, 1.54) is 51.4 Å². The maximum atomic E-state index is 12.6. The fourth-order valence-corrected chi connectivity index (χ4v) is 3.59. The van der Waals surface area contributed by atoms with Crippen LogP contribution in [0.1, 0.15) is 75.1 Å². The second kappa shape index (κ2) is 20.4. The highest BCUT2D eigenvalue weighted by atomic mass is 16.1. The van der Waals surface area contributed by atoms with Crippen molar-refractivity contribution in [1.29, 1.82) is 0 Å². The number of nitrogens with one attached hydrogen (secondary N) is 4. The molecule has 6 nitrogen and oxygen atoms in total. The molecule has 0 aliphatic rings. The van der Waals surface area contributed by atoms with Crippen LogP contribution in [0.3, 0.4) is 0 Å². The number of hydrogen-bond acceptors (Lipinski definition) is 5. The zero-order valence-corrected chi connectivity index (χ0v) is 19.8. The van der Waals surface area contributed by atoms with Gasteiger partial charge in [-0.15, -0.1) is 0 Å². The van der Waals surface area contributed by atoms with E-state index in [1.54, 1.807) is 0 Å². The van der Waals surface area contributed by atoms with Crippen LogP contribution in [0.2, 0.25) is 0 Å². The molecule has 1 aromatic rings. The van der Waals surface area contributed by atoms with Crippen LogP contribution >= 0.6 is 0 Å². The Morgan fingerprint density at radius 1 is 0.806 bits per heavy atom. The van der Waals surface area contributed by atoms with E-state index in [0.717, 1.165) is 51.3 Å². The van der Waals surface area contributed by atoms with Crippen molar-refractivity contribution in [2.75, 3.05) is 45.8 Å². The Kier molecular flexibility index (Phi) is 18.2. The van der Waals surface area contributed by atoms with Gasteiger partial charge in [0.2, 0.25) is 0 Å². The molecule has 0 radical (unpaired) electrons. The molecule has 0 fully saturated rings. The molecular formula is C25H47N5O. The molecule has 0 saturated carbocycles. The third kappa shape index (κ3) is 15.9. The van der Waals surface area contributed by atoms with E-state index < -0.39 is 0 Å². The number of rotatable bonds is 21. The number of amides is 1. The average molecular weight is 434 g/mol. The zero-order chi connectivity index (χ0) is 22.4. The molecule has 31 heavy (non-hydrogen) atoms.